The number of carbonyl (C=O) groups excluding carboxylic acids is 1. The summed E-state index contributed by atoms with van der Waals surface area (Å²) in [7, 11) is -0.414. The van der Waals surface area contributed by atoms with Gasteiger partial charge in [0.25, 0.3) is 5.91 Å². The molecule has 25 heavy (non-hydrogen) atoms. The lowest BCUT2D eigenvalue weighted by Gasteiger charge is -2.09. The maximum atomic E-state index is 12.2. The lowest BCUT2D eigenvalue weighted by molar-refractivity contribution is 0.0954. The summed E-state index contributed by atoms with van der Waals surface area (Å²) in [5, 5.41) is 6.27. The second-order valence-corrected chi connectivity index (χ2v) is 7.59. The minimum absolute atomic E-state index is 0.0750. The Morgan fingerprint density at radius 3 is 2.52 bits per heavy atom. The number of methoxy groups -OCH3 is 1. The van der Waals surface area contributed by atoms with Gasteiger partial charge in [0, 0.05) is 20.1 Å². The van der Waals surface area contributed by atoms with Gasteiger partial charge in [-0.15, -0.1) is 0 Å². The van der Waals surface area contributed by atoms with Crippen molar-refractivity contribution in [2.24, 2.45) is 0 Å². The number of nitrogens with zero attached hydrogens (tertiary/aromatic N) is 1. The fraction of sp³-hybridized carbons (Fsp3) is 0.333. The molecule has 1 heterocycles. The summed E-state index contributed by atoms with van der Waals surface area (Å²) in [5.74, 6) is 0.283. The van der Waals surface area contributed by atoms with Crippen LogP contribution in [-0.4, -0.2) is 45.9 Å². The number of nitrogens with one attached hydrogen (secondary N) is 3. The van der Waals surface area contributed by atoms with E-state index < -0.39 is 10.0 Å². The molecule has 136 valence electrons. The number of aromatic nitrogens is 1. The van der Waals surface area contributed by atoms with Crippen LogP contribution in [0.4, 0.5) is 5.00 Å². The van der Waals surface area contributed by atoms with Gasteiger partial charge in [-0.25, -0.2) is 13.1 Å². The van der Waals surface area contributed by atoms with E-state index in [4.69, 9.17) is 4.74 Å². The maximum Gasteiger partial charge on any atom is 0.256 e. The smallest absolute Gasteiger partial charge is 0.256 e. The molecule has 2 aromatic rings. The summed E-state index contributed by atoms with van der Waals surface area (Å²) in [4.78, 5) is 12.3. The molecule has 3 N–H and O–H groups in total. The SMILES string of the molecule is CNc1snc(C)c1C(=O)NCCNS(=O)(=O)c1ccc(OC)cc1. The van der Waals surface area contributed by atoms with Crippen molar-refractivity contribution in [2.75, 3.05) is 32.6 Å². The molecule has 0 aliphatic heterocycles. The van der Waals surface area contributed by atoms with Crippen LogP contribution >= 0.6 is 11.5 Å². The Bertz CT molecular complexity index is 832. The van der Waals surface area contributed by atoms with Gasteiger partial charge in [0.15, 0.2) is 0 Å². The molecule has 0 bridgehead atoms. The summed E-state index contributed by atoms with van der Waals surface area (Å²) in [6.45, 7) is 1.98. The topological polar surface area (TPSA) is 109 Å². The normalized spacial score (nSPS) is 11.2. The van der Waals surface area contributed by atoms with E-state index in [1.165, 1.54) is 30.8 Å². The van der Waals surface area contributed by atoms with Gasteiger partial charge in [-0.05, 0) is 42.7 Å². The third-order valence-corrected chi connectivity index (χ3v) is 5.82. The Morgan fingerprint density at radius 2 is 1.92 bits per heavy atom. The second-order valence-electron chi connectivity index (χ2n) is 5.05. The number of ether oxygens (including phenoxy) is 1. The average Bonchev–Trinajstić information content (AvgIpc) is 2.99. The number of rotatable bonds is 8. The number of aryl methyl sites for hydroxylation is 1. The molecule has 1 aromatic heterocycles. The molecular weight excluding hydrogens is 364 g/mol. The summed E-state index contributed by atoms with van der Waals surface area (Å²) < 4.78 is 35.9. The Kier molecular flexibility index (Phi) is 6.34. The fourth-order valence-corrected chi connectivity index (χ4v) is 3.87. The van der Waals surface area contributed by atoms with Gasteiger partial charge in [0.05, 0.1) is 23.3 Å². The molecule has 1 amide bonds. The monoisotopic (exact) mass is 384 g/mol. The highest BCUT2D eigenvalue weighted by molar-refractivity contribution is 7.89. The second kappa shape index (κ2) is 8.28. The summed E-state index contributed by atoms with van der Waals surface area (Å²) in [6.07, 6.45) is 0. The van der Waals surface area contributed by atoms with Crippen LogP contribution in [0, 0.1) is 6.92 Å². The van der Waals surface area contributed by atoms with Crippen molar-refractivity contribution in [3.05, 3.63) is 35.5 Å². The largest absolute Gasteiger partial charge is 0.497 e. The van der Waals surface area contributed by atoms with E-state index in [0.717, 1.165) is 0 Å². The first kappa shape index (κ1) is 19.2. The van der Waals surface area contributed by atoms with E-state index in [2.05, 4.69) is 19.7 Å². The summed E-state index contributed by atoms with van der Waals surface area (Å²) in [6, 6.07) is 6.06. The van der Waals surface area contributed by atoms with Crippen LogP contribution in [0.1, 0.15) is 16.1 Å². The highest BCUT2D eigenvalue weighted by Gasteiger charge is 2.18. The van der Waals surface area contributed by atoms with Gasteiger partial charge in [0.2, 0.25) is 10.0 Å². The van der Waals surface area contributed by atoms with E-state index >= 15 is 0 Å². The summed E-state index contributed by atoms with van der Waals surface area (Å²) in [5.41, 5.74) is 1.11. The molecule has 8 nitrogen and oxygen atoms in total. The Hall–Kier alpha value is -2.17. The lowest BCUT2D eigenvalue weighted by Crippen LogP contribution is -2.35. The first-order chi connectivity index (χ1) is 11.9. The maximum absolute atomic E-state index is 12.2. The first-order valence-corrected chi connectivity index (χ1v) is 9.70. The van der Waals surface area contributed by atoms with Crippen LogP contribution < -0.4 is 20.1 Å². The molecule has 10 heteroatoms. The molecule has 1 aromatic carbocycles. The number of hydrogen-bond acceptors (Lipinski definition) is 7. The van der Waals surface area contributed by atoms with Crippen molar-refractivity contribution in [1.29, 1.82) is 0 Å². The van der Waals surface area contributed by atoms with Crippen LogP contribution in [-0.2, 0) is 10.0 Å². The third kappa shape index (κ3) is 4.68. The molecule has 2 rings (SSSR count). The van der Waals surface area contributed by atoms with Crippen molar-refractivity contribution in [1.82, 2.24) is 14.4 Å². The number of benzene rings is 1. The fourth-order valence-electron chi connectivity index (χ4n) is 2.10. The predicted molar refractivity (Wildman–Crippen MR) is 96.9 cm³/mol. The van der Waals surface area contributed by atoms with Gasteiger partial charge in [0.1, 0.15) is 10.8 Å². The molecule has 0 aliphatic carbocycles. The molecular formula is C15H20N4O4S2. The van der Waals surface area contributed by atoms with Crippen molar-refractivity contribution >= 4 is 32.5 Å². The Balaban J connectivity index is 1.89. The van der Waals surface area contributed by atoms with Crippen molar-refractivity contribution in [2.45, 2.75) is 11.8 Å². The highest BCUT2D eigenvalue weighted by Crippen LogP contribution is 2.23. The molecule has 0 aliphatic rings. The van der Waals surface area contributed by atoms with Crippen molar-refractivity contribution in [3.63, 3.8) is 0 Å². The predicted octanol–water partition coefficient (Wildman–Crippen LogP) is 1.21. The minimum atomic E-state index is -3.64. The molecule has 0 saturated heterocycles. The van der Waals surface area contributed by atoms with Gasteiger partial charge >= 0.3 is 0 Å². The van der Waals surface area contributed by atoms with Gasteiger partial charge in [-0.2, -0.15) is 4.37 Å². The van der Waals surface area contributed by atoms with Crippen LogP contribution in [0.15, 0.2) is 29.2 Å². The number of sulfonamides is 1. The van der Waals surface area contributed by atoms with Gasteiger partial charge in [-0.3, -0.25) is 4.79 Å². The first-order valence-electron chi connectivity index (χ1n) is 7.45. The standard InChI is InChI=1S/C15H20N4O4S2/c1-10-13(15(16-2)24-19-10)14(20)17-8-9-18-25(21,22)12-6-4-11(23-3)5-7-12/h4-7,16,18H,8-9H2,1-3H3,(H,17,20). The molecule has 0 unspecified atom stereocenters. The third-order valence-electron chi connectivity index (χ3n) is 3.39. The Labute approximate surface area is 150 Å². The number of amides is 1. The van der Waals surface area contributed by atoms with E-state index in [-0.39, 0.29) is 23.9 Å². The average molecular weight is 384 g/mol. The van der Waals surface area contributed by atoms with E-state index in [1.54, 1.807) is 26.1 Å². The van der Waals surface area contributed by atoms with E-state index in [0.29, 0.717) is 22.0 Å². The van der Waals surface area contributed by atoms with Crippen LogP contribution in [0.25, 0.3) is 0 Å². The van der Waals surface area contributed by atoms with Crippen LogP contribution in [0.3, 0.4) is 0 Å². The molecule has 0 spiro atoms. The van der Waals surface area contributed by atoms with E-state index in [9.17, 15) is 13.2 Å². The molecule has 0 radical (unpaired) electrons. The van der Waals surface area contributed by atoms with Crippen molar-refractivity contribution in [3.8, 4) is 5.75 Å². The zero-order valence-corrected chi connectivity index (χ0v) is 15.8. The number of anilines is 1. The zero-order valence-electron chi connectivity index (χ0n) is 14.1. The van der Waals surface area contributed by atoms with E-state index in [1.807, 2.05) is 0 Å². The summed E-state index contributed by atoms with van der Waals surface area (Å²) >= 11 is 1.20. The zero-order chi connectivity index (χ0) is 18.4. The lowest BCUT2D eigenvalue weighted by atomic mass is 10.2. The van der Waals surface area contributed by atoms with Crippen molar-refractivity contribution < 1.29 is 17.9 Å². The van der Waals surface area contributed by atoms with Crippen LogP contribution in [0.2, 0.25) is 0 Å². The minimum Gasteiger partial charge on any atom is -0.497 e. The molecule has 0 fully saturated rings. The number of hydrogen-bond donors (Lipinski definition) is 3. The highest BCUT2D eigenvalue weighted by atomic mass is 32.2. The van der Waals surface area contributed by atoms with Gasteiger partial charge < -0.3 is 15.4 Å². The number of carbonyl (C=O) groups is 1. The Morgan fingerprint density at radius 1 is 1.24 bits per heavy atom. The molecule has 0 saturated carbocycles. The molecule has 0 atom stereocenters. The van der Waals surface area contributed by atoms with Crippen LogP contribution in [0.5, 0.6) is 5.75 Å². The quantitative estimate of drug-likeness (QED) is 0.590. The van der Waals surface area contributed by atoms with Gasteiger partial charge in [-0.1, -0.05) is 0 Å².